The van der Waals surface area contributed by atoms with Crippen molar-refractivity contribution in [2.75, 3.05) is 19.4 Å². The monoisotopic (exact) mass is 359 g/mol. The molecule has 0 aliphatic carbocycles. The average molecular weight is 359 g/mol. The van der Waals surface area contributed by atoms with Crippen molar-refractivity contribution in [1.29, 1.82) is 0 Å². The van der Waals surface area contributed by atoms with Crippen LogP contribution in [0.25, 0.3) is 0 Å². The quantitative estimate of drug-likeness (QED) is 0.711. The Morgan fingerprint density at radius 1 is 1.40 bits per heavy atom. The van der Waals surface area contributed by atoms with Crippen molar-refractivity contribution in [1.82, 2.24) is 14.5 Å². The van der Waals surface area contributed by atoms with E-state index in [-0.39, 0.29) is 5.91 Å². The van der Waals surface area contributed by atoms with Crippen molar-refractivity contribution in [3.05, 3.63) is 43.0 Å². The van der Waals surface area contributed by atoms with Crippen LogP contribution in [0.2, 0.25) is 0 Å². The number of benzene rings is 1. The number of thioether (sulfide) groups is 1. The summed E-state index contributed by atoms with van der Waals surface area (Å²) in [5, 5.41) is 0. The lowest BCUT2D eigenvalue weighted by Gasteiger charge is -2.36. The lowest BCUT2D eigenvalue weighted by molar-refractivity contribution is -0.132. The number of amides is 1. The molecule has 0 spiro atoms. The average Bonchev–Trinajstić information content (AvgIpc) is 3.18. The van der Waals surface area contributed by atoms with Gasteiger partial charge in [0.1, 0.15) is 5.75 Å². The first-order valence-electron chi connectivity index (χ1n) is 8.78. The van der Waals surface area contributed by atoms with Gasteiger partial charge in [-0.15, -0.1) is 11.8 Å². The third kappa shape index (κ3) is 5.01. The summed E-state index contributed by atoms with van der Waals surface area (Å²) >= 11 is 1.58. The van der Waals surface area contributed by atoms with E-state index in [0.29, 0.717) is 11.8 Å². The van der Waals surface area contributed by atoms with Crippen LogP contribution in [-0.4, -0.2) is 45.8 Å². The fourth-order valence-corrected chi connectivity index (χ4v) is 4.10. The van der Waals surface area contributed by atoms with Crippen LogP contribution < -0.4 is 4.74 Å². The molecule has 2 aromatic rings. The van der Waals surface area contributed by atoms with Crippen LogP contribution in [0.4, 0.5) is 0 Å². The predicted molar refractivity (Wildman–Crippen MR) is 99.9 cm³/mol. The molecule has 1 amide bonds. The van der Waals surface area contributed by atoms with Crippen LogP contribution in [0.3, 0.4) is 0 Å². The molecular formula is C19H25N3O2S. The Morgan fingerprint density at radius 2 is 2.32 bits per heavy atom. The first-order valence-corrected chi connectivity index (χ1v) is 9.77. The van der Waals surface area contributed by atoms with Gasteiger partial charge >= 0.3 is 0 Å². The number of imidazole rings is 1. The summed E-state index contributed by atoms with van der Waals surface area (Å²) in [7, 11) is 1.66. The Labute approximate surface area is 153 Å². The second kappa shape index (κ2) is 8.94. The molecule has 1 aliphatic rings. The summed E-state index contributed by atoms with van der Waals surface area (Å²) in [5.74, 6) is 1.55. The van der Waals surface area contributed by atoms with E-state index in [0.717, 1.165) is 43.0 Å². The van der Waals surface area contributed by atoms with Crippen LogP contribution >= 0.6 is 11.8 Å². The number of likely N-dealkylation sites (tertiary alicyclic amines) is 1. The Kier molecular flexibility index (Phi) is 6.39. The molecule has 3 rings (SSSR count). The minimum absolute atomic E-state index is 0.239. The number of methoxy groups -OCH3 is 1. The molecule has 0 N–H and O–H groups in total. The van der Waals surface area contributed by atoms with Crippen molar-refractivity contribution in [2.45, 2.75) is 43.2 Å². The summed E-state index contributed by atoms with van der Waals surface area (Å²) in [6.45, 7) is 1.80. The number of ether oxygens (including phenoxy) is 1. The summed E-state index contributed by atoms with van der Waals surface area (Å²) in [5.41, 5.74) is 0. The van der Waals surface area contributed by atoms with E-state index in [9.17, 15) is 4.79 Å². The van der Waals surface area contributed by atoms with Crippen molar-refractivity contribution in [3.8, 4) is 5.75 Å². The van der Waals surface area contributed by atoms with Gasteiger partial charge in [0.2, 0.25) is 5.91 Å². The second-order valence-electron chi connectivity index (χ2n) is 6.29. The largest absolute Gasteiger partial charge is 0.497 e. The molecule has 1 aliphatic heterocycles. The number of hydrogen-bond donors (Lipinski definition) is 0. The second-order valence-corrected chi connectivity index (χ2v) is 7.34. The molecule has 2 heterocycles. The zero-order valence-electron chi connectivity index (χ0n) is 14.6. The Balaban J connectivity index is 1.54. The van der Waals surface area contributed by atoms with Gasteiger partial charge in [-0.1, -0.05) is 6.07 Å². The smallest absolute Gasteiger partial charge is 0.233 e. The lowest BCUT2D eigenvalue weighted by Crippen LogP contribution is -2.45. The Hall–Kier alpha value is -1.95. The standard InChI is InChI=1S/C19H25N3O2S/c1-24-17-6-4-7-18(13-17)25-14-19(23)22-10-3-2-5-16(22)8-11-21-12-9-20-15-21/h4,6-7,9,12-13,15-16H,2-3,5,8,10-11,14H2,1H3. The molecule has 1 saturated heterocycles. The minimum atomic E-state index is 0.239. The summed E-state index contributed by atoms with van der Waals surface area (Å²) in [6.07, 6.45) is 10.0. The number of piperidine rings is 1. The van der Waals surface area contributed by atoms with Gasteiger partial charge in [0.05, 0.1) is 19.2 Å². The number of aromatic nitrogens is 2. The van der Waals surface area contributed by atoms with Crippen molar-refractivity contribution in [3.63, 3.8) is 0 Å². The maximum Gasteiger partial charge on any atom is 0.233 e. The number of hydrogen-bond acceptors (Lipinski definition) is 4. The molecule has 5 nitrogen and oxygen atoms in total. The normalized spacial score (nSPS) is 17.5. The fourth-order valence-electron chi connectivity index (χ4n) is 3.27. The van der Waals surface area contributed by atoms with Gasteiger partial charge in [0.25, 0.3) is 0 Å². The number of rotatable bonds is 7. The van der Waals surface area contributed by atoms with E-state index in [1.807, 2.05) is 36.8 Å². The zero-order valence-corrected chi connectivity index (χ0v) is 15.5. The van der Waals surface area contributed by atoms with E-state index in [4.69, 9.17) is 4.74 Å². The third-order valence-corrected chi connectivity index (χ3v) is 5.61. The molecule has 1 atom stereocenters. The van der Waals surface area contributed by atoms with E-state index in [1.54, 1.807) is 25.1 Å². The van der Waals surface area contributed by atoms with E-state index >= 15 is 0 Å². The predicted octanol–water partition coefficient (Wildman–Crippen LogP) is 3.46. The number of carbonyl (C=O) groups is 1. The van der Waals surface area contributed by atoms with E-state index in [2.05, 4.69) is 14.5 Å². The van der Waals surface area contributed by atoms with Crippen LogP contribution in [0.1, 0.15) is 25.7 Å². The first-order chi connectivity index (χ1) is 12.3. The Morgan fingerprint density at radius 3 is 3.12 bits per heavy atom. The highest BCUT2D eigenvalue weighted by Gasteiger charge is 2.26. The van der Waals surface area contributed by atoms with Gasteiger partial charge in [0, 0.05) is 36.4 Å². The minimum Gasteiger partial charge on any atom is -0.497 e. The maximum atomic E-state index is 12.8. The SMILES string of the molecule is COc1cccc(SCC(=O)N2CCCCC2CCn2ccnc2)c1. The number of carbonyl (C=O) groups excluding carboxylic acids is 1. The first kappa shape index (κ1) is 17.9. The highest BCUT2D eigenvalue weighted by molar-refractivity contribution is 8.00. The molecule has 6 heteroatoms. The topological polar surface area (TPSA) is 47.4 Å². The molecule has 0 bridgehead atoms. The van der Waals surface area contributed by atoms with Gasteiger partial charge < -0.3 is 14.2 Å². The lowest BCUT2D eigenvalue weighted by atomic mass is 9.99. The van der Waals surface area contributed by atoms with Gasteiger partial charge in [-0.2, -0.15) is 0 Å². The highest BCUT2D eigenvalue weighted by Crippen LogP contribution is 2.25. The van der Waals surface area contributed by atoms with E-state index < -0.39 is 0 Å². The molecule has 1 fully saturated rings. The van der Waals surface area contributed by atoms with Crippen molar-refractivity contribution < 1.29 is 9.53 Å². The van der Waals surface area contributed by atoms with Crippen LogP contribution in [0.5, 0.6) is 5.75 Å². The molecule has 25 heavy (non-hydrogen) atoms. The zero-order chi connectivity index (χ0) is 17.5. The van der Waals surface area contributed by atoms with Crippen LogP contribution in [0.15, 0.2) is 47.9 Å². The highest BCUT2D eigenvalue weighted by atomic mass is 32.2. The third-order valence-electron chi connectivity index (χ3n) is 4.63. The molecule has 1 unspecified atom stereocenters. The van der Waals surface area contributed by atoms with Gasteiger partial charge in [0.15, 0.2) is 0 Å². The summed E-state index contributed by atoms with van der Waals surface area (Å²) < 4.78 is 7.33. The number of nitrogens with zero attached hydrogens (tertiary/aromatic N) is 3. The maximum absolute atomic E-state index is 12.8. The molecular weight excluding hydrogens is 334 g/mol. The molecule has 134 valence electrons. The van der Waals surface area contributed by atoms with Gasteiger partial charge in [-0.25, -0.2) is 4.98 Å². The van der Waals surface area contributed by atoms with E-state index in [1.165, 1.54) is 6.42 Å². The van der Waals surface area contributed by atoms with Crippen molar-refractivity contribution in [2.24, 2.45) is 0 Å². The van der Waals surface area contributed by atoms with Gasteiger partial charge in [-0.05, 0) is 43.9 Å². The molecule has 0 saturated carbocycles. The molecule has 1 aromatic carbocycles. The van der Waals surface area contributed by atoms with Gasteiger partial charge in [-0.3, -0.25) is 4.79 Å². The molecule has 0 radical (unpaired) electrons. The van der Waals surface area contributed by atoms with Crippen LogP contribution in [-0.2, 0) is 11.3 Å². The molecule has 1 aromatic heterocycles. The van der Waals surface area contributed by atoms with Crippen LogP contribution in [0, 0.1) is 0 Å². The van der Waals surface area contributed by atoms with Crippen molar-refractivity contribution >= 4 is 17.7 Å². The Bertz CT molecular complexity index is 675. The number of aryl methyl sites for hydroxylation is 1. The fraction of sp³-hybridized carbons (Fsp3) is 0.474. The summed E-state index contributed by atoms with van der Waals surface area (Å²) in [6, 6.07) is 8.22. The summed E-state index contributed by atoms with van der Waals surface area (Å²) in [4.78, 5) is 20.0.